The molecular weight excluding hydrogens is 616 g/mol. The van der Waals surface area contributed by atoms with Gasteiger partial charge in [0.1, 0.15) is 23.0 Å². The van der Waals surface area contributed by atoms with Crippen molar-refractivity contribution in [1.82, 2.24) is 5.32 Å². The summed E-state index contributed by atoms with van der Waals surface area (Å²) < 4.78 is 11.4. The summed E-state index contributed by atoms with van der Waals surface area (Å²) in [7, 11) is 1.57. The number of amides is 4. The summed E-state index contributed by atoms with van der Waals surface area (Å²) >= 11 is 1.31. The number of carbonyl (C=O) groups excluding carboxylic acids is 4. The van der Waals surface area contributed by atoms with Crippen LogP contribution in [0.3, 0.4) is 0 Å². The van der Waals surface area contributed by atoms with Gasteiger partial charge in [0.15, 0.2) is 0 Å². The highest BCUT2D eigenvalue weighted by Gasteiger charge is 2.17. The first-order chi connectivity index (χ1) is 22.8. The standard InChI is InChI=1S/C36H30N4O6S/c1-45-31-10-6-5-9-29(31)32-20-17-27(46-32)21-30(40-35(43)24-7-3-2-4-8-24)36(44)39-26-15-18-28(19-16-26)47-22-33(41)38-25-13-11-23(12-14-25)34(37)42/h2-21H,22H2,1H3,(H2,37,42)(H,38,41)(H,39,44)(H,40,43)/b30-21-. The monoisotopic (exact) mass is 646 g/mol. The maximum atomic E-state index is 13.5. The quantitative estimate of drug-likeness (QED) is 0.0931. The van der Waals surface area contributed by atoms with Gasteiger partial charge in [-0.05, 0) is 84.9 Å². The van der Waals surface area contributed by atoms with E-state index in [1.807, 2.05) is 24.3 Å². The van der Waals surface area contributed by atoms with Crippen molar-refractivity contribution in [3.63, 3.8) is 0 Å². The summed E-state index contributed by atoms with van der Waals surface area (Å²) in [4.78, 5) is 50.9. The number of benzene rings is 4. The van der Waals surface area contributed by atoms with Crippen molar-refractivity contribution in [2.24, 2.45) is 5.73 Å². The molecule has 0 saturated heterocycles. The summed E-state index contributed by atoms with van der Waals surface area (Å²) in [5.74, 6) is -0.144. The molecule has 0 bridgehead atoms. The van der Waals surface area contributed by atoms with E-state index in [2.05, 4.69) is 16.0 Å². The van der Waals surface area contributed by atoms with Gasteiger partial charge in [-0.2, -0.15) is 0 Å². The fourth-order valence-corrected chi connectivity index (χ4v) is 5.10. The molecule has 0 fully saturated rings. The van der Waals surface area contributed by atoms with Gasteiger partial charge in [-0.25, -0.2) is 0 Å². The third kappa shape index (κ3) is 8.77. The number of primary amides is 1. The molecule has 0 spiro atoms. The molecule has 0 aliphatic rings. The third-order valence-corrected chi connectivity index (χ3v) is 7.76. The van der Waals surface area contributed by atoms with Crippen molar-refractivity contribution >= 4 is 52.8 Å². The Morgan fingerprint density at radius 3 is 2.13 bits per heavy atom. The van der Waals surface area contributed by atoms with E-state index in [0.717, 1.165) is 10.5 Å². The molecule has 5 aromatic rings. The van der Waals surface area contributed by atoms with E-state index in [4.69, 9.17) is 14.9 Å². The summed E-state index contributed by atoms with van der Waals surface area (Å²) in [5.41, 5.74) is 7.72. The normalized spacial score (nSPS) is 11.0. The van der Waals surface area contributed by atoms with Crippen LogP contribution >= 0.6 is 11.8 Å². The maximum Gasteiger partial charge on any atom is 0.272 e. The van der Waals surface area contributed by atoms with Crippen LogP contribution in [-0.4, -0.2) is 36.5 Å². The van der Waals surface area contributed by atoms with Crippen molar-refractivity contribution in [2.75, 3.05) is 23.5 Å². The highest BCUT2D eigenvalue weighted by molar-refractivity contribution is 8.00. The second-order valence-electron chi connectivity index (χ2n) is 10.0. The van der Waals surface area contributed by atoms with E-state index < -0.39 is 17.7 Å². The highest BCUT2D eigenvalue weighted by atomic mass is 32.2. The van der Waals surface area contributed by atoms with Crippen LogP contribution in [0.4, 0.5) is 11.4 Å². The van der Waals surface area contributed by atoms with Gasteiger partial charge in [-0.1, -0.05) is 30.3 Å². The second-order valence-corrected chi connectivity index (χ2v) is 11.1. The number of methoxy groups -OCH3 is 1. The Bertz CT molecular complexity index is 1920. The minimum Gasteiger partial charge on any atom is -0.496 e. The maximum absolute atomic E-state index is 13.5. The molecule has 11 heteroatoms. The van der Waals surface area contributed by atoms with Crippen LogP contribution in [0.1, 0.15) is 26.5 Å². The van der Waals surface area contributed by atoms with Gasteiger partial charge in [-0.15, -0.1) is 11.8 Å². The first-order valence-corrected chi connectivity index (χ1v) is 15.3. The summed E-state index contributed by atoms with van der Waals surface area (Å²) in [5, 5.41) is 8.28. The van der Waals surface area contributed by atoms with Gasteiger partial charge in [0.05, 0.1) is 18.4 Å². The number of nitrogens with one attached hydrogen (secondary N) is 3. The number of furan rings is 1. The third-order valence-electron chi connectivity index (χ3n) is 6.75. The Morgan fingerprint density at radius 2 is 1.43 bits per heavy atom. The van der Waals surface area contributed by atoms with Crippen molar-refractivity contribution < 1.29 is 28.3 Å². The molecule has 1 aromatic heterocycles. The van der Waals surface area contributed by atoms with Gasteiger partial charge in [-0.3, -0.25) is 19.2 Å². The van der Waals surface area contributed by atoms with Crippen LogP contribution in [0.15, 0.2) is 130 Å². The van der Waals surface area contributed by atoms with Crippen molar-refractivity contribution in [1.29, 1.82) is 0 Å². The number of nitrogens with two attached hydrogens (primary N) is 1. The number of para-hydroxylation sites is 1. The van der Waals surface area contributed by atoms with Gasteiger partial charge < -0.3 is 30.8 Å². The van der Waals surface area contributed by atoms with E-state index in [1.165, 1.54) is 17.8 Å². The van der Waals surface area contributed by atoms with Crippen LogP contribution in [-0.2, 0) is 9.59 Å². The van der Waals surface area contributed by atoms with Crippen LogP contribution in [0, 0.1) is 0 Å². The first-order valence-electron chi connectivity index (χ1n) is 14.3. The molecule has 47 heavy (non-hydrogen) atoms. The molecule has 0 aliphatic carbocycles. The lowest BCUT2D eigenvalue weighted by Crippen LogP contribution is -2.30. The highest BCUT2D eigenvalue weighted by Crippen LogP contribution is 2.31. The van der Waals surface area contributed by atoms with Crippen LogP contribution in [0.2, 0.25) is 0 Å². The number of thioether (sulfide) groups is 1. The lowest BCUT2D eigenvalue weighted by molar-refractivity contribution is -0.114. The van der Waals surface area contributed by atoms with Gasteiger partial charge in [0, 0.05) is 33.5 Å². The first kappa shape index (κ1) is 32.3. The molecule has 5 rings (SSSR count). The predicted molar refractivity (Wildman–Crippen MR) is 182 cm³/mol. The number of ether oxygens (including phenoxy) is 1. The zero-order valence-electron chi connectivity index (χ0n) is 25.2. The fraction of sp³-hybridized carbons (Fsp3) is 0.0556. The molecule has 10 nitrogen and oxygen atoms in total. The minimum absolute atomic E-state index is 0.0289. The van der Waals surface area contributed by atoms with E-state index >= 15 is 0 Å². The predicted octanol–water partition coefficient (Wildman–Crippen LogP) is 6.19. The topological polar surface area (TPSA) is 153 Å². The van der Waals surface area contributed by atoms with E-state index in [1.54, 1.807) is 98.1 Å². The largest absolute Gasteiger partial charge is 0.496 e. The molecule has 0 radical (unpaired) electrons. The average molecular weight is 647 g/mol. The zero-order chi connectivity index (χ0) is 33.2. The van der Waals surface area contributed by atoms with Crippen LogP contribution in [0.5, 0.6) is 5.75 Å². The summed E-state index contributed by atoms with van der Waals surface area (Å²) in [6.45, 7) is 0. The fourth-order valence-electron chi connectivity index (χ4n) is 4.40. The van der Waals surface area contributed by atoms with Crippen molar-refractivity contribution in [2.45, 2.75) is 4.90 Å². The molecule has 4 amide bonds. The van der Waals surface area contributed by atoms with Crippen LogP contribution in [0.25, 0.3) is 17.4 Å². The molecule has 5 N–H and O–H groups in total. The van der Waals surface area contributed by atoms with Crippen LogP contribution < -0.4 is 26.4 Å². The number of hydrogen-bond acceptors (Lipinski definition) is 7. The number of carbonyl (C=O) groups is 4. The molecule has 0 unspecified atom stereocenters. The Labute approximate surface area is 275 Å². The minimum atomic E-state index is -0.563. The van der Waals surface area contributed by atoms with Gasteiger partial charge >= 0.3 is 0 Å². The molecule has 1 heterocycles. The molecule has 0 atom stereocenters. The molecule has 236 valence electrons. The van der Waals surface area contributed by atoms with Gasteiger partial charge in [0.25, 0.3) is 11.8 Å². The number of hydrogen-bond donors (Lipinski definition) is 4. The lowest BCUT2D eigenvalue weighted by atomic mass is 10.1. The molecule has 0 saturated carbocycles. The van der Waals surface area contributed by atoms with E-state index in [9.17, 15) is 19.2 Å². The Kier molecular flexibility index (Phi) is 10.5. The molecule has 4 aromatic carbocycles. The SMILES string of the molecule is COc1ccccc1-c1ccc(/C=C(\NC(=O)c2ccccc2)C(=O)Nc2ccc(SCC(=O)Nc3ccc(C(N)=O)cc3)cc2)o1. The number of anilines is 2. The number of rotatable bonds is 12. The van der Waals surface area contributed by atoms with E-state index in [-0.39, 0.29) is 17.4 Å². The second kappa shape index (κ2) is 15.3. The Balaban J connectivity index is 1.26. The van der Waals surface area contributed by atoms with Crippen molar-refractivity contribution in [3.8, 4) is 17.1 Å². The Morgan fingerprint density at radius 1 is 0.766 bits per heavy atom. The molecular formula is C36H30N4O6S. The van der Waals surface area contributed by atoms with Crippen molar-refractivity contribution in [3.05, 3.63) is 138 Å². The van der Waals surface area contributed by atoms with E-state index in [0.29, 0.717) is 39.8 Å². The summed E-state index contributed by atoms with van der Waals surface area (Å²) in [6, 6.07) is 32.6. The smallest absolute Gasteiger partial charge is 0.272 e. The zero-order valence-corrected chi connectivity index (χ0v) is 26.0. The van der Waals surface area contributed by atoms with Gasteiger partial charge in [0.2, 0.25) is 11.8 Å². The Hall–Kier alpha value is -6.07. The summed E-state index contributed by atoms with van der Waals surface area (Å²) in [6.07, 6.45) is 1.46. The molecule has 0 aliphatic heterocycles. The lowest BCUT2D eigenvalue weighted by Gasteiger charge is -2.11. The average Bonchev–Trinajstić information content (AvgIpc) is 3.56.